The Hall–Kier alpha value is -1.60. The molecule has 0 bridgehead atoms. The fraction of sp³-hybridized carbons (Fsp3) is 0.333. The van der Waals surface area contributed by atoms with Crippen molar-refractivity contribution in [3.05, 3.63) is 71.8 Å². The molecule has 100 valence electrons. The molecule has 0 radical (unpaired) electrons. The first-order valence-electron chi connectivity index (χ1n) is 6.94. The van der Waals surface area contributed by atoms with Gasteiger partial charge in [-0.15, -0.1) is 0 Å². The predicted molar refractivity (Wildman–Crippen MR) is 80.1 cm³/mol. The highest BCUT2D eigenvalue weighted by Crippen LogP contribution is 2.35. The molecule has 1 atom stereocenters. The first-order chi connectivity index (χ1) is 9.24. The summed E-state index contributed by atoms with van der Waals surface area (Å²) in [6, 6.07) is 21.0. The molecule has 0 aliphatic rings. The number of benzene rings is 2. The molecule has 1 heteroatoms. The van der Waals surface area contributed by atoms with Crippen LogP contribution in [-0.4, -0.2) is 11.7 Å². The van der Waals surface area contributed by atoms with Crippen LogP contribution in [0.4, 0.5) is 0 Å². The Balaban J connectivity index is 2.45. The predicted octanol–water partition coefficient (Wildman–Crippen LogP) is 4.08. The maximum Gasteiger partial charge on any atom is 0.0470 e. The first-order valence-corrected chi connectivity index (χ1v) is 6.94. The van der Waals surface area contributed by atoms with Crippen LogP contribution >= 0.6 is 0 Å². The summed E-state index contributed by atoms with van der Waals surface area (Å²) in [5, 5.41) is 9.79. The normalized spacial score (nSPS) is 12.9. The van der Waals surface area contributed by atoms with Crippen molar-refractivity contribution in [2.24, 2.45) is 11.8 Å². The summed E-state index contributed by atoms with van der Waals surface area (Å²) in [4.78, 5) is 0. The minimum absolute atomic E-state index is 0.214. The van der Waals surface area contributed by atoms with Crippen molar-refractivity contribution < 1.29 is 5.11 Å². The smallest absolute Gasteiger partial charge is 0.0470 e. The van der Waals surface area contributed by atoms with Gasteiger partial charge < -0.3 is 5.11 Å². The third-order valence-electron chi connectivity index (χ3n) is 3.81. The van der Waals surface area contributed by atoms with Crippen LogP contribution in [0.5, 0.6) is 0 Å². The second-order valence-electron chi connectivity index (χ2n) is 5.39. The van der Waals surface area contributed by atoms with Gasteiger partial charge >= 0.3 is 0 Å². The van der Waals surface area contributed by atoms with E-state index in [1.807, 2.05) is 12.1 Å². The fourth-order valence-corrected chi connectivity index (χ4v) is 2.71. The third kappa shape index (κ3) is 3.24. The van der Waals surface area contributed by atoms with Crippen LogP contribution in [-0.2, 0) is 0 Å². The van der Waals surface area contributed by atoms with Crippen molar-refractivity contribution in [1.29, 1.82) is 0 Å². The number of rotatable bonds is 5. The number of aliphatic hydroxyl groups is 1. The zero-order valence-electron chi connectivity index (χ0n) is 11.7. The summed E-state index contributed by atoms with van der Waals surface area (Å²) in [7, 11) is 0. The molecular weight excluding hydrogens is 232 g/mol. The van der Waals surface area contributed by atoms with Gasteiger partial charge in [0.25, 0.3) is 0 Å². The average Bonchev–Trinajstić information content (AvgIpc) is 2.46. The molecule has 0 aliphatic heterocycles. The van der Waals surface area contributed by atoms with E-state index in [2.05, 4.69) is 62.4 Å². The lowest BCUT2D eigenvalue weighted by atomic mass is 9.76. The van der Waals surface area contributed by atoms with Crippen LogP contribution < -0.4 is 0 Å². The molecule has 0 saturated carbocycles. The molecule has 0 aromatic heterocycles. The Morgan fingerprint density at radius 1 is 0.789 bits per heavy atom. The topological polar surface area (TPSA) is 20.2 Å². The Labute approximate surface area is 115 Å². The second-order valence-corrected chi connectivity index (χ2v) is 5.39. The van der Waals surface area contributed by atoms with E-state index in [9.17, 15) is 5.11 Å². The van der Waals surface area contributed by atoms with Gasteiger partial charge in [0, 0.05) is 12.5 Å². The van der Waals surface area contributed by atoms with Crippen molar-refractivity contribution >= 4 is 0 Å². The van der Waals surface area contributed by atoms with E-state index in [1.165, 1.54) is 11.1 Å². The molecule has 1 nitrogen and oxygen atoms in total. The van der Waals surface area contributed by atoms with Gasteiger partial charge in [-0.2, -0.15) is 0 Å². The van der Waals surface area contributed by atoms with Crippen molar-refractivity contribution in [2.45, 2.75) is 19.8 Å². The standard InChI is InChI=1S/C18H22O/c1-14(2)17(13-19)18(15-9-5-3-6-10-15)16-11-7-4-8-12-16/h3-12,14,17-19H,13H2,1-2H3. The van der Waals surface area contributed by atoms with E-state index in [0.29, 0.717) is 5.92 Å². The zero-order valence-corrected chi connectivity index (χ0v) is 11.7. The molecular formula is C18H22O. The largest absolute Gasteiger partial charge is 0.396 e. The highest BCUT2D eigenvalue weighted by molar-refractivity contribution is 5.33. The van der Waals surface area contributed by atoms with E-state index in [4.69, 9.17) is 0 Å². The maximum atomic E-state index is 9.79. The van der Waals surface area contributed by atoms with Crippen LogP contribution in [0.1, 0.15) is 30.9 Å². The van der Waals surface area contributed by atoms with Crippen molar-refractivity contribution in [1.82, 2.24) is 0 Å². The molecule has 0 heterocycles. The summed E-state index contributed by atoms with van der Waals surface area (Å²) in [6.45, 7) is 4.58. The molecule has 2 aromatic carbocycles. The second kappa shape index (κ2) is 6.53. The summed E-state index contributed by atoms with van der Waals surface area (Å²) < 4.78 is 0. The Kier molecular flexibility index (Phi) is 4.75. The average molecular weight is 254 g/mol. The minimum Gasteiger partial charge on any atom is -0.396 e. The van der Waals surface area contributed by atoms with E-state index < -0.39 is 0 Å². The Bertz CT molecular complexity index is 436. The molecule has 0 spiro atoms. The fourth-order valence-electron chi connectivity index (χ4n) is 2.71. The van der Waals surface area contributed by atoms with Gasteiger partial charge in [0.15, 0.2) is 0 Å². The quantitative estimate of drug-likeness (QED) is 0.852. The van der Waals surface area contributed by atoms with E-state index in [0.717, 1.165) is 0 Å². The van der Waals surface area contributed by atoms with Gasteiger partial charge in [-0.25, -0.2) is 0 Å². The number of hydrogen-bond acceptors (Lipinski definition) is 1. The molecule has 2 rings (SSSR count). The van der Waals surface area contributed by atoms with E-state index in [-0.39, 0.29) is 18.4 Å². The van der Waals surface area contributed by atoms with Gasteiger partial charge in [-0.05, 0) is 23.0 Å². The molecule has 19 heavy (non-hydrogen) atoms. The van der Waals surface area contributed by atoms with Crippen LogP contribution in [0, 0.1) is 11.8 Å². The lowest BCUT2D eigenvalue weighted by molar-refractivity contribution is 0.175. The van der Waals surface area contributed by atoms with Crippen molar-refractivity contribution in [2.75, 3.05) is 6.61 Å². The summed E-state index contributed by atoms with van der Waals surface area (Å²) >= 11 is 0. The van der Waals surface area contributed by atoms with E-state index >= 15 is 0 Å². The first kappa shape index (κ1) is 13.8. The highest BCUT2D eigenvalue weighted by Gasteiger charge is 2.26. The SMILES string of the molecule is CC(C)C(CO)C(c1ccccc1)c1ccccc1. The summed E-state index contributed by atoms with van der Waals surface area (Å²) in [5.74, 6) is 0.938. The summed E-state index contributed by atoms with van der Waals surface area (Å²) in [6.07, 6.45) is 0. The molecule has 0 fully saturated rings. The maximum absolute atomic E-state index is 9.79. The molecule has 0 aliphatic carbocycles. The van der Waals surface area contributed by atoms with Gasteiger partial charge in [-0.1, -0.05) is 74.5 Å². The highest BCUT2D eigenvalue weighted by atomic mass is 16.3. The van der Waals surface area contributed by atoms with Crippen molar-refractivity contribution in [3.8, 4) is 0 Å². The Morgan fingerprint density at radius 2 is 1.21 bits per heavy atom. The lowest BCUT2D eigenvalue weighted by Gasteiger charge is -2.29. The van der Waals surface area contributed by atoms with Gasteiger partial charge in [0.2, 0.25) is 0 Å². The van der Waals surface area contributed by atoms with Crippen molar-refractivity contribution in [3.63, 3.8) is 0 Å². The molecule has 1 N–H and O–H groups in total. The molecule has 1 unspecified atom stereocenters. The van der Waals surface area contributed by atoms with Gasteiger partial charge in [0.05, 0.1) is 0 Å². The lowest BCUT2D eigenvalue weighted by Crippen LogP contribution is -2.23. The monoisotopic (exact) mass is 254 g/mol. The molecule has 2 aromatic rings. The van der Waals surface area contributed by atoms with E-state index in [1.54, 1.807) is 0 Å². The molecule has 0 saturated heterocycles. The number of aliphatic hydroxyl groups excluding tert-OH is 1. The minimum atomic E-state index is 0.214. The van der Waals surface area contributed by atoms with Crippen LogP contribution in [0.15, 0.2) is 60.7 Å². The third-order valence-corrected chi connectivity index (χ3v) is 3.81. The zero-order chi connectivity index (χ0) is 13.7. The van der Waals surface area contributed by atoms with Crippen LogP contribution in [0.2, 0.25) is 0 Å². The Morgan fingerprint density at radius 3 is 1.53 bits per heavy atom. The van der Waals surface area contributed by atoms with Crippen LogP contribution in [0.25, 0.3) is 0 Å². The number of hydrogen-bond donors (Lipinski definition) is 1. The van der Waals surface area contributed by atoms with Gasteiger partial charge in [-0.3, -0.25) is 0 Å². The summed E-state index contributed by atoms with van der Waals surface area (Å²) in [5.41, 5.74) is 2.56. The molecule has 0 amide bonds. The van der Waals surface area contributed by atoms with Gasteiger partial charge in [0.1, 0.15) is 0 Å². The van der Waals surface area contributed by atoms with Crippen LogP contribution in [0.3, 0.4) is 0 Å².